The van der Waals surface area contributed by atoms with E-state index < -0.39 is 0 Å². The number of nitrogens with zero attached hydrogens (tertiary/aromatic N) is 1. The molecule has 1 aliphatic rings. The topological polar surface area (TPSA) is 15.3 Å². The van der Waals surface area contributed by atoms with Gasteiger partial charge in [0, 0.05) is 25.2 Å². The van der Waals surface area contributed by atoms with Crippen LogP contribution in [0.5, 0.6) is 0 Å². The molecule has 1 aliphatic heterocycles. The van der Waals surface area contributed by atoms with Crippen LogP contribution in [0.3, 0.4) is 0 Å². The highest BCUT2D eigenvalue weighted by molar-refractivity contribution is 5.26. The molecule has 1 saturated heterocycles. The van der Waals surface area contributed by atoms with Gasteiger partial charge in [0.05, 0.1) is 5.54 Å². The highest BCUT2D eigenvalue weighted by atomic mass is 15.3. The van der Waals surface area contributed by atoms with Gasteiger partial charge in [-0.05, 0) is 32.8 Å². The van der Waals surface area contributed by atoms with E-state index >= 15 is 0 Å². The van der Waals surface area contributed by atoms with Crippen molar-refractivity contribution < 1.29 is 0 Å². The van der Waals surface area contributed by atoms with Crippen molar-refractivity contribution in [2.24, 2.45) is 0 Å². The minimum Gasteiger partial charge on any atom is -0.305 e. The largest absolute Gasteiger partial charge is 0.305 e. The van der Waals surface area contributed by atoms with Gasteiger partial charge in [-0.2, -0.15) is 0 Å². The van der Waals surface area contributed by atoms with Crippen molar-refractivity contribution in [1.82, 2.24) is 10.2 Å². The molecule has 2 rings (SSSR count). The first kappa shape index (κ1) is 15.3. The third-order valence-electron chi connectivity index (χ3n) is 4.86. The zero-order valence-electron chi connectivity index (χ0n) is 13.3. The number of hydrogen-bond donors (Lipinski definition) is 1. The molecular formula is C18H28N2. The Morgan fingerprint density at radius 3 is 2.55 bits per heavy atom. The Bertz CT molecular complexity index is 454. The SMILES string of the molecule is C/C=C/CN1CC(C)(c2ccccc2)NCC1(C)CC. The fraction of sp³-hybridized carbons (Fsp3) is 0.556. The lowest BCUT2D eigenvalue weighted by Gasteiger charge is -2.52. The van der Waals surface area contributed by atoms with E-state index in [-0.39, 0.29) is 11.1 Å². The Hall–Kier alpha value is -1.12. The summed E-state index contributed by atoms with van der Waals surface area (Å²) in [5, 5.41) is 3.79. The van der Waals surface area contributed by atoms with Gasteiger partial charge in [-0.1, -0.05) is 49.4 Å². The molecule has 1 aromatic carbocycles. The number of hydrogen-bond acceptors (Lipinski definition) is 2. The van der Waals surface area contributed by atoms with E-state index in [0.717, 1.165) is 19.6 Å². The van der Waals surface area contributed by atoms with Crippen LogP contribution in [0.2, 0.25) is 0 Å². The van der Waals surface area contributed by atoms with E-state index in [1.54, 1.807) is 0 Å². The summed E-state index contributed by atoms with van der Waals surface area (Å²) in [6.07, 6.45) is 5.59. The average Bonchev–Trinajstić information content (AvgIpc) is 2.49. The molecule has 2 heteroatoms. The lowest BCUT2D eigenvalue weighted by atomic mass is 9.83. The standard InChI is InChI=1S/C18H28N2/c1-5-7-13-20-15-18(4,16-11-9-8-10-12-16)19-14-17(20,3)6-2/h5,7-12,19H,6,13-15H2,1-4H3/b7-5+. The second-order valence-electron chi connectivity index (χ2n) is 6.35. The second kappa shape index (κ2) is 6.11. The summed E-state index contributed by atoms with van der Waals surface area (Å²) < 4.78 is 0. The quantitative estimate of drug-likeness (QED) is 0.843. The predicted molar refractivity (Wildman–Crippen MR) is 86.9 cm³/mol. The van der Waals surface area contributed by atoms with Gasteiger partial charge in [-0.25, -0.2) is 0 Å². The average molecular weight is 272 g/mol. The highest BCUT2D eigenvalue weighted by Crippen LogP contribution is 2.32. The maximum Gasteiger partial charge on any atom is 0.0535 e. The maximum absolute atomic E-state index is 3.79. The zero-order valence-corrected chi connectivity index (χ0v) is 13.3. The maximum atomic E-state index is 3.79. The molecule has 110 valence electrons. The van der Waals surface area contributed by atoms with E-state index in [1.165, 1.54) is 12.0 Å². The van der Waals surface area contributed by atoms with Gasteiger partial charge < -0.3 is 5.32 Å². The number of piperazine rings is 1. The molecule has 1 N–H and O–H groups in total. The second-order valence-corrected chi connectivity index (χ2v) is 6.35. The van der Waals surface area contributed by atoms with Crippen LogP contribution in [-0.4, -0.2) is 30.1 Å². The lowest BCUT2D eigenvalue weighted by Crippen LogP contribution is -2.66. The molecule has 1 aromatic rings. The molecule has 1 heterocycles. The van der Waals surface area contributed by atoms with Gasteiger partial charge >= 0.3 is 0 Å². The first-order chi connectivity index (χ1) is 9.54. The molecule has 2 nitrogen and oxygen atoms in total. The van der Waals surface area contributed by atoms with E-state index in [2.05, 4.69) is 80.4 Å². The Kier molecular flexibility index (Phi) is 4.66. The molecule has 0 radical (unpaired) electrons. The molecule has 2 atom stereocenters. The Morgan fingerprint density at radius 2 is 1.95 bits per heavy atom. The molecule has 0 spiro atoms. The Morgan fingerprint density at radius 1 is 1.25 bits per heavy atom. The van der Waals surface area contributed by atoms with E-state index in [4.69, 9.17) is 0 Å². The van der Waals surface area contributed by atoms with Crippen LogP contribution in [0.15, 0.2) is 42.5 Å². The van der Waals surface area contributed by atoms with Crippen LogP contribution < -0.4 is 5.32 Å². The summed E-state index contributed by atoms with van der Waals surface area (Å²) >= 11 is 0. The smallest absolute Gasteiger partial charge is 0.0535 e. The zero-order chi connectivity index (χ0) is 14.6. The van der Waals surface area contributed by atoms with Gasteiger partial charge in [0.25, 0.3) is 0 Å². The normalized spacial score (nSPS) is 31.8. The van der Waals surface area contributed by atoms with Crippen LogP contribution in [0.1, 0.15) is 39.7 Å². The third-order valence-corrected chi connectivity index (χ3v) is 4.86. The van der Waals surface area contributed by atoms with Crippen molar-refractivity contribution in [3.05, 3.63) is 48.0 Å². The molecule has 0 aromatic heterocycles. The van der Waals surface area contributed by atoms with E-state index in [0.29, 0.717) is 0 Å². The Balaban J connectivity index is 2.24. The highest BCUT2D eigenvalue weighted by Gasteiger charge is 2.41. The van der Waals surface area contributed by atoms with Crippen LogP contribution in [0.4, 0.5) is 0 Å². The summed E-state index contributed by atoms with van der Waals surface area (Å²) in [7, 11) is 0. The molecule has 0 aliphatic carbocycles. The minimum absolute atomic E-state index is 0.0392. The Labute approximate surface area is 123 Å². The van der Waals surface area contributed by atoms with Gasteiger partial charge in [0.15, 0.2) is 0 Å². The fourth-order valence-electron chi connectivity index (χ4n) is 2.99. The van der Waals surface area contributed by atoms with Crippen molar-refractivity contribution in [3.8, 4) is 0 Å². The number of benzene rings is 1. The van der Waals surface area contributed by atoms with E-state index in [1.807, 2.05) is 0 Å². The van der Waals surface area contributed by atoms with Crippen LogP contribution in [-0.2, 0) is 5.54 Å². The molecule has 0 saturated carbocycles. The lowest BCUT2D eigenvalue weighted by molar-refractivity contribution is 0.0267. The van der Waals surface area contributed by atoms with Gasteiger partial charge in [-0.15, -0.1) is 0 Å². The summed E-state index contributed by atoms with van der Waals surface area (Å²) in [6.45, 7) is 12.2. The summed E-state index contributed by atoms with van der Waals surface area (Å²) in [6, 6.07) is 10.8. The molecular weight excluding hydrogens is 244 g/mol. The van der Waals surface area contributed by atoms with Crippen LogP contribution in [0.25, 0.3) is 0 Å². The summed E-state index contributed by atoms with van der Waals surface area (Å²) in [4.78, 5) is 2.62. The van der Waals surface area contributed by atoms with Gasteiger partial charge in [0.2, 0.25) is 0 Å². The number of rotatable bonds is 4. The monoisotopic (exact) mass is 272 g/mol. The summed E-state index contributed by atoms with van der Waals surface area (Å²) in [5.41, 5.74) is 1.66. The van der Waals surface area contributed by atoms with Gasteiger partial charge in [0.1, 0.15) is 0 Å². The van der Waals surface area contributed by atoms with Crippen LogP contribution in [0, 0.1) is 0 Å². The first-order valence-electron chi connectivity index (χ1n) is 7.71. The van der Waals surface area contributed by atoms with Crippen molar-refractivity contribution in [2.75, 3.05) is 19.6 Å². The number of nitrogens with one attached hydrogen (secondary N) is 1. The van der Waals surface area contributed by atoms with E-state index in [9.17, 15) is 0 Å². The minimum atomic E-state index is 0.0392. The van der Waals surface area contributed by atoms with Gasteiger partial charge in [-0.3, -0.25) is 4.90 Å². The fourth-order valence-corrected chi connectivity index (χ4v) is 2.99. The van der Waals surface area contributed by atoms with Crippen molar-refractivity contribution in [2.45, 2.75) is 45.2 Å². The van der Waals surface area contributed by atoms with Crippen LogP contribution >= 0.6 is 0 Å². The molecule has 20 heavy (non-hydrogen) atoms. The third kappa shape index (κ3) is 2.97. The molecule has 0 bridgehead atoms. The molecule has 1 fully saturated rings. The van der Waals surface area contributed by atoms with Crippen molar-refractivity contribution in [1.29, 1.82) is 0 Å². The van der Waals surface area contributed by atoms with Crippen molar-refractivity contribution >= 4 is 0 Å². The van der Waals surface area contributed by atoms with Crippen molar-refractivity contribution in [3.63, 3.8) is 0 Å². The predicted octanol–water partition coefficient (Wildman–Crippen LogP) is 3.55. The molecule has 2 unspecified atom stereocenters. The summed E-state index contributed by atoms with van der Waals surface area (Å²) in [5.74, 6) is 0. The number of allylic oxidation sites excluding steroid dienone is 1. The molecule has 0 amide bonds. The first-order valence-corrected chi connectivity index (χ1v) is 7.71.